The van der Waals surface area contributed by atoms with Gasteiger partial charge in [-0.05, 0) is 31.5 Å². The summed E-state index contributed by atoms with van der Waals surface area (Å²) >= 11 is 0. The van der Waals surface area contributed by atoms with Gasteiger partial charge in [0.1, 0.15) is 5.82 Å². The number of carbonyl (C=O) groups is 1. The number of primary amides is 1. The second-order valence-electron chi connectivity index (χ2n) is 5.06. The van der Waals surface area contributed by atoms with E-state index in [1.54, 1.807) is 18.3 Å². The number of anilines is 1. The van der Waals surface area contributed by atoms with E-state index in [-0.39, 0.29) is 12.6 Å². The summed E-state index contributed by atoms with van der Waals surface area (Å²) in [6.45, 7) is 2.71. The minimum absolute atomic E-state index is 0.204. The topological polar surface area (TPSA) is 91.5 Å². The third kappa shape index (κ3) is 3.68. The summed E-state index contributed by atoms with van der Waals surface area (Å²) < 4.78 is 0. The summed E-state index contributed by atoms with van der Waals surface area (Å²) in [5, 5.41) is 12.5. The van der Waals surface area contributed by atoms with E-state index in [0.717, 1.165) is 19.5 Å². The van der Waals surface area contributed by atoms with E-state index in [9.17, 15) is 9.90 Å². The number of hydrogen-bond donors (Lipinski definition) is 3. The number of amides is 1. The Morgan fingerprint density at radius 3 is 3.15 bits per heavy atom. The number of nitrogens with one attached hydrogen (secondary N) is 1. The SMILES string of the molecule is NC(=O)c1cccnc1NCCN1CCCCC1CO. The molecule has 1 saturated heterocycles. The highest BCUT2D eigenvalue weighted by molar-refractivity contribution is 5.97. The lowest BCUT2D eigenvalue weighted by Gasteiger charge is -2.34. The molecule has 0 aliphatic carbocycles. The molecule has 1 aromatic rings. The van der Waals surface area contributed by atoms with E-state index in [1.807, 2.05) is 0 Å². The first-order chi connectivity index (χ1) is 9.72. The van der Waals surface area contributed by atoms with Gasteiger partial charge in [0.2, 0.25) is 0 Å². The Morgan fingerprint density at radius 2 is 2.40 bits per heavy atom. The van der Waals surface area contributed by atoms with E-state index in [2.05, 4.69) is 15.2 Å². The summed E-state index contributed by atoms with van der Waals surface area (Å²) in [5.74, 6) is 0.0457. The van der Waals surface area contributed by atoms with Crippen LogP contribution >= 0.6 is 0 Å². The molecular weight excluding hydrogens is 256 g/mol. The maximum atomic E-state index is 11.3. The van der Waals surface area contributed by atoms with E-state index >= 15 is 0 Å². The maximum absolute atomic E-state index is 11.3. The molecule has 6 nitrogen and oxygen atoms in total. The first-order valence-electron chi connectivity index (χ1n) is 7.06. The lowest BCUT2D eigenvalue weighted by Crippen LogP contribution is -2.44. The molecule has 1 unspecified atom stereocenters. The number of aliphatic hydroxyl groups excluding tert-OH is 1. The average molecular weight is 278 g/mol. The summed E-state index contributed by atoms with van der Waals surface area (Å²) in [4.78, 5) is 17.7. The number of pyridine rings is 1. The van der Waals surface area contributed by atoms with Crippen LogP contribution in [0.2, 0.25) is 0 Å². The Hall–Kier alpha value is -1.66. The normalized spacial score (nSPS) is 19.8. The lowest BCUT2D eigenvalue weighted by atomic mass is 10.0. The molecule has 6 heteroatoms. The summed E-state index contributed by atoms with van der Waals surface area (Å²) in [5.41, 5.74) is 5.72. The van der Waals surface area contributed by atoms with Crippen molar-refractivity contribution in [1.82, 2.24) is 9.88 Å². The largest absolute Gasteiger partial charge is 0.395 e. The monoisotopic (exact) mass is 278 g/mol. The van der Waals surface area contributed by atoms with E-state index in [4.69, 9.17) is 5.73 Å². The quantitative estimate of drug-likeness (QED) is 0.702. The van der Waals surface area contributed by atoms with Gasteiger partial charge in [-0.25, -0.2) is 4.98 Å². The molecule has 0 spiro atoms. The number of rotatable bonds is 6. The molecule has 1 amide bonds. The Labute approximate surface area is 119 Å². The van der Waals surface area contributed by atoms with Crippen LogP contribution in [0, 0.1) is 0 Å². The maximum Gasteiger partial charge on any atom is 0.252 e. The number of piperidine rings is 1. The van der Waals surface area contributed by atoms with Crippen LogP contribution in [0.5, 0.6) is 0 Å². The van der Waals surface area contributed by atoms with Crippen LogP contribution in [-0.4, -0.2) is 53.2 Å². The van der Waals surface area contributed by atoms with Crippen LogP contribution in [0.15, 0.2) is 18.3 Å². The molecule has 110 valence electrons. The van der Waals surface area contributed by atoms with Gasteiger partial charge in [-0.1, -0.05) is 6.42 Å². The summed E-state index contributed by atoms with van der Waals surface area (Å²) in [6, 6.07) is 3.61. The molecule has 1 aliphatic rings. The highest BCUT2D eigenvalue weighted by Crippen LogP contribution is 2.16. The predicted octanol–water partition coefficient (Wildman–Crippen LogP) is 0.439. The van der Waals surface area contributed by atoms with Crippen LogP contribution in [0.25, 0.3) is 0 Å². The molecule has 1 fully saturated rings. The number of nitrogens with two attached hydrogens (primary N) is 1. The molecule has 2 rings (SSSR count). The van der Waals surface area contributed by atoms with Crippen LogP contribution in [0.4, 0.5) is 5.82 Å². The standard InChI is InChI=1S/C14H22N4O2/c15-13(20)12-5-3-6-16-14(12)17-7-9-18-8-2-1-4-11(18)10-19/h3,5-6,11,19H,1-2,4,7-10H2,(H2,15,20)(H,16,17). The van der Waals surface area contributed by atoms with Crippen LogP contribution in [0.3, 0.4) is 0 Å². The highest BCUT2D eigenvalue weighted by Gasteiger charge is 2.21. The van der Waals surface area contributed by atoms with E-state index < -0.39 is 5.91 Å². The second-order valence-corrected chi connectivity index (χ2v) is 5.06. The molecular formula is C14H22N4O2. The Morgan fingerprint density at radius 1 is 1.55 bits per heavy atom. The Balaban J connectivity index is 1.88. The van der Waals surface area contributed by atoms with Crippen molar-refractivity contribution in [3.05, 3.63) is 23.9 Å². The van der Waals surface area contributed by atoms with E-state index in [0.29, 0.717) is 17.9 Å². The van der Waals surface area contributed by atoms with Crippen molar-refractivity contribution in [3.63, 3.8) is 0 Å². The van der Waals surface area contributed by atoms with Gasteiger partial charge in [-0.3, -0.25) is 9.69 Å². The molecule has 0 aromatic carbocycles. The predicted molar refractivity (Wildman–Crippen MR) is 77.5 cm³/mol. The van der Waals surface area contributed by atoms with Crippen LogP contribution < -0.4 is 11.1 Å². The van der Waals surface area contributed by atoms with Crippen molar-refractivity contribution >= 4 is 11.7 Å². The molecule has 1 aliphatic heterocycles. The van der Waals surface area contributed by atoms with Crippen LogP contribution in [0.1, 0.15) is 29.6 Å². The lowest BCUT2D eigenvalue weighted by molar-refractivity contribution is 0.0940. The van der Waals surface area contributed by atoms with Gasteiger partial charge in [0.05, 0.1) is 12.2 Å². The second kappa shape index (κ2) is 7.21. The number of aromatic nitrogens is 1. The average Bonchev–Trinajstić information content (AvgIpc) is 2.48. The van der Waals surface area contributed by atoms with Gasteiger partial charge < -0.3 is 16.2 Å². The van der Waals surface area contributed by atoms with Gasteiger partial charge in [0.15, 0.2) is 0 Å². The van der Waals surface area contributed by atoms with Gasteiger partial charge >= 0.3 is 0 Å². The van der Waals surface area contributed by atoms with Gasteiger partial charge in [-0.2, -0.15) is 0 Å². The number of aliphatic hydroxyl groups is 1. The van der Waals surface area contributed by atoms with Crippen molar-refractivity contribution < 1.29 is 9.90 Å². The molecule has 2 heterocycles. The van der Waals surface area contributed by atoms with Crippen molar-refractivity contribution in [2.24, 2.45) is 5.73 Å². The number of likely N-dealkylation sites (tertiary alicyclic amines) is 1. The number of hydrogen-bond acceptors (Lipinski definition) is 5. The van der Waals surface area contributed by atoms with E-state index in [1.165, 1.54) is 12.8 Å². The molecule has 0 bridgehead atoms. The Kier molecular flexibility index (Phi) is 5.31. The molecule has 4 N–H and O–H groups in total. The number of carbonyl (C=O) groups excluding carboxylic acids is 1. The fraction of sp³-hybridized carbons (Fsp3) is 0.571. The van der Waals surface area contributed by atoms with Crippen molar-refractivity contribution in [2.75, 3.05) is 31.6 Å². The summed E-state index contributed by atoms with van der Waals surface area (Å²) in [6.07, 6.45) is 5.03. The minimum atomic E-state index is -0.480. The van der Waals surface area contributed by atoms with Crippen molar-refractivity contribution in [2.45, 2.75) is 25.3 Å². The zero-order valence-corrected chi connectivity index (χ0v) is 11.6. The number of nitrogens with zero attached hydrogens (tertiary/aromatic N) is 2. The minimum Gasteiger partial charge on any atom is -0.395 e. The third-order valence-electron chi connectivity index (χ3n) is 3.72. The third-order valence-corrected chi connectivity index (χ3v) is 3.72. The summed E-state index contributed by atoms with van der Waals surface area (Å²) in [7, 11) is 0. The molecule has 0 saturated carbocycles. The van der Waals surface area contributed by atoms with Gasteiger partial charge in [0.25, 0.3) is 5.91 Å². The Bertz CT molecular complexity index is 453. The first kappa shape index (κ1) is 14.7. The van der Waals surface area contributed by atoms with Gasteiger partial charge in [0, 0.05) is 25.3 Å². The zero-order valence-electron chi connectivity index (χ0n) is 11.6. The first-order valence-corrected chi connectivity index (χ1v) is 7.06. The highest BCUT2D eigenvalue weighted by atomic mass is 16.3. The van der Waals surface area contributed by atoms with Gasteiger partial charge in [-0.15, -0.1) is 0 Å². The fourth-order valence-corrected chi connectivity index (χ4v) is 2.62. The van der Waals surface area contributed by atoms with Crippen LogP contribution in [-0.2, 0) is 0 Å². The van der Waals surface area contributed by atoms with Crippen molar-refractivity contribution in [1.29, 1.82) is 0 Å². The van der Waals surface area contributed by atoms with Crippen molar-refractivity contribution in [3.8, 4) is 0 Å². The molecule has 1 aromatic heterocycles. The molecule has 20 heavy (non-hydrogen) atoms. The smallest absolute Gasteiger partial charge is 0.252 e. The molecule has 0 radical (unpaired) electrons. The molecule has 1 atom stereocenters. The zero-order chi connectivity index (χ0) is 14.4. The fourth-order valence-electron chi connectivity index (χ4n) is 2.62.